The third-order valence-corrected chi connectivity index (χ3v) is 2.69. The highest BCUT2D eigenvalue weighted by Crippen LogP contribution is 2.27. The number of rotatable bonds is 2. The number of alkyl halides is 1. The highest BCUT2D eigenvalue weighted by molar-refractivity contribution is 7.16. The Morgan fingerprint density at radius 1 is 1.60 bits per heavy atom. The van der Waals surface area contributed by atoms with Crippen molar-refractivity contribution < 1.29 is 5.11 Å². The van der Waals surface area contributed by atoms with E-state index in [1.807, 2.05) is 0 Å². The third-order valence-electron chi connectivity index (χ3n) is 1.07. The van der Waals surface area contributed by atoms with Gasteiger partial charge in [-0.2, -0.15) is 0 Å². The van der Waals surface area contributed by atoms with Crippen LogP contribution in [0.2, 0.25) is 4.34 Å². The molecule has 1 atom stereocenters. The van der Waals surface area contributed by atoms with Gasteiger partial charge in [-0.3, -0.25) is 0 Å². The van der Waals surface area contributed by atoms with E-state index in [1.54, 1.807) is 12.1 Å². The summed E-state index contributed by atoms with van der Waals surface area (Å²) in [5.74, 6) is 0.219. The molecule has 0 aliphatic rings. The van der Waals surface area contributed by atoms with Crippen molar-refractivity contribution in [1.29, 1.82) is 0 Å². The van der Waals surface area contributed by atoms with E-state index in [1.165, 1.54) is 11.3 Å². The Morgan fingerprint density at radius 2 is 2.30 bits per heavy atom. The van der Waals surface area contributed by atoms with Crippen LogP contribution in [0.1, 0.15) is 11.0 Å². The third kappa shape index (κ3) is 1.86. The van der Waals surface area contributed by atoms with Crippen molar-refractivity contribution in [1.82, 2.24) is 0 Å². The van der Waals surface area contributed by atoms with Gasteiger partial charge in [0.05, 0.1) is 10.2 Å². The Balaban J connectivity index is 2.74. The van der Waals surface area contributed by atoms with E-state index in [4.69, 9.17) is 28.3 Å². The van der Waals surface area contributed by atoms with Gasteiger partial charge in [0.2, 0.25) is 0 Å². The van der Waals surface area contributed by atoms with Crippen molar-refractivity contribution in [2.24, 2.45) is 0 Å². The smallest absolute Gasteiger partial charge is 0.102 e. The van der Waals surface area contributed by atoms with Crippen LogP contribution in [-0.4, -0.2) is 11.0 Å². The molecule has 1 aromatic rings. The average Bonchev–Trinajstić information content (AvgIpc) is 2.34. The standard InChI is InChI=1S/C6H6Cl2OS/c7-3-4(9)5-1-2-6(8)10-5/h1-2,4,9H,3H2/t4-/m1/s1. The van der Waals surface area contributed by atoms with Crippen molar-refractivity contribution in [3.63, 3.8) is 0 Å². The maximum Gasteiger partial charge on any atom is 0.102 e. The summed E-state index contributed by atoms with van der Waals surface area (Å²) in [5.41, 5.74) is 0. The lowest BCUT2D eigenvalue weighted by Crippen LogP contribution is -1.93. The molecule has 0 saturated heterocycles. The quantitative estimate of drug-likeness (QED) is 0.722. The van der Waals surface area contributed by atoms with E-state index < -0.39 is 6.10 Å². The molecule has 0 saturated carbocycles. The number of hydrogen-bond acceptors (Lipinski definition) is 2. The molecule has 0 aliphatic carbocycles. The van der Waals surface area contributed by atoms with Gasteiger partial charge in [0, 0.05) is 4.88 Å². The molecule has 0 aromatic carbocycles. The summed E-state index contributed by atoms with van der Waals surface area (Å²) >= 11 is 12.4. The second kappa shape index (κ2) is 3.58. The molecule has 1 aromatic heterocycles. The van der Waals surface area contributed by atoms with Gasteiger partial charge in [-0.1, -0.05) is 11.6 Å². The van der Waals surface area contributed by atoms with Gasteiger partial charge in [0.25, 0.3) is 0 Å². The first-order valence-corrected chi connectivity index (χ1v) is 4.46. The molecule has 1 heterocycles. The van der Waals surface area contributed by atoms with Crippen molar-refractivity contribution in [3.8, 4) is 0 Å². The molecule has 0 fully saturated rings. The van der Waals surface area contributed by atoms with Crippen LogP contribution in [0, 0.1) is 0 Å². The molecule has 0 radical (unpaired) electrons. The van der Waals surface area contributed by atoms with E-state index >= 15 is 0 Å². The molecule has 0 amide bonds. The fourth-order valence-electron chi connectivity index (χ4n) is 0.583. The molecule has 56 valence electrons. The zero-order valence-electron chi connectivity index (χ0n) is 5.05. The fourth-order valence-corrected chi connectivity index (χ4v) is 1.89. The Bertz CT molecular complexity index is 211. The monoisotopic (exact) mass is 196 g/mol. The first kappa shape index (κ1) is 8.34. The minimum absolute atomic E-state index is 0.219. The topological polar surface area (TPSA) is 20.2 Å². The van der Waals surface area contributed by atoms with E-state index in [0.717, 1.165) is 4.88 Å². The predicted molar refractivity (Wildman–Crippen MR) is 45.0 cm³/mol. The highest BCUT2D eigenvalue weighted by Gasteiger charge is 2.07. The Morgan fingerprint density at radius 3 is 2.70 bits per heavy atom. The van der Waals surface area contributed by atoms with E-state index in [0.29, 0.717) is 4.34 Å². The van der Waals surface area contributed by atoms with Gasteiger partial charge in [0.1, 0.15) is 6.10 Å². The zero-order valence-corrected chi connectivity index (χ0v) is 7.38. The lowest BCUT2D eigenvalue weighted by Gasteiger charge is -2.00. The van der Waals surface area contributed by atoms with Gasteiger partial charge >= 0.3 is 0 Å². The molecule has 1 nitrogen and oxygen atoms in total. The second-order valence-corrected chi connectivity index (χ2v) is 3.87. The predicted octanol–water partition coefficient (Wildman–Crippen LogP) is 2.67. The molecule has 1 rings (SSSR count). The van der Waals surface area contributed by atoms with Crippen LogP contribution < -0.4 is 0 Å². The number of halogens is 2. The number of thiophene rings is 1. The Hall–Kier alpha value is 0.240. The maximum absolute atomic E-state index is 9.16. The Kier molecular flexibility index (Phi) is 2.98. The molecule has 1 N–H and O–H groups in total. The van der Waals surface area contributed by atoms with Crippen LogP contribution >= 0.6 is 34.5 Å². The maximum atomic E-state index is 9.16. The molecule has 0 bridgehead atoms. The lowest BCUT2D eigenvalue weighted by molar-refractivity contribution is 0.206. The van der Waals surface area contributed by atoms with Crippen LogP contribution in [0.5, 0.6) is 0 Å². The van der Waals surface area contributed by atoms with Crippen LogP contribution in [-0.2, 0) is 0 Å². The minimum atomic E-state index is -0.570. The highest BCUT2D eigenvalue weighted by atomic mass is 35.5. The first-order valence-electron chi connectivity index (χ1n) is 2.73. The van der Waals surface area contributed by atoms with Gasteiger partial charge in [-0.15, -0.1) is 22.9 Å². The van der Waals surface area contributed by atoms with Crippen molar-refractivity contribution in [3.05, 3.63) is 21.3 Å². The van der Waals surface area contributed by atoms with Gasteiger partial charge < -0.3 is 5.11 Å². The van der Waals surface area contributed by atoms with Crippen LogP contribution in [0.15, 0.2) is 12.1 Å². The average molecular weight is 197 g/mol. The van der Waals surface area contributed by atoms with E-state index in [-0.39, 0.29) is 5.88 Å². The molecular formula is C6H6Cl2OS. The van der Waals surface area contributed by atoms with Crippen LogP contribution in [0.25, 0.3) is 0 Å². The largest absolute Gasteiger partial charge is 0.386 e. The molecule has 0 spiro atoms. The molecular weight excluding hydrogens is 191 g/mol. The molecule has 0 aliphatic heterocycles. The van der Waals surface area contributed by atoms with Gasteiger partial charge in [-0.25, -0.2) is 0 Å². The van der Waals surface area contributed by atoms with Crippen molar-refractivity contribution >= 4 is 34.5 Å². The summed E-state index contributed by atoms with van der Waals surface area (Å²) in [5, 5.41) is 9.16. The van der Waals surface area contributed by atoms with Crippen molar-refractivity contribution in [2.45, 2.75) is 6.10 Å². The van der Waals surface area contributed by atoms with Gasteiger partial charge in [0.15, 0.2) is 0 Å². The van der Waals surface area contributed by atoms with Crippen molar-refractivity contribution in [2.75, 3.05) is 5.88 Å². The number of aliphatic hydroxyl groups excluding tert-OH is 1. The number of hydrogen-bond donors (Lipinski definition) is 1. The fraction of sp³-hybridized carbons (Fsp3) is 0.333. The molecule has 10 heavy (non-hydrogen) atoms. The van der Waals surface area contributed by atoms with E-state index in [9.17, 15) is 0 Å². The minimum Gasteiger partial charge on any atom is -0.386 e. The zero-order chi connectivity index (χ0) is 7.56. The summed E-state index contributed by atoms with van der Waals surface area (Å²) in [7, 11) is 0. The lowest BCUT2D eigenvalue weighted by atomic mass is 10.3. The summed E-state index contributed by atoms with van der Waals surface area (Å²) in [6.07, 6.45) is -0.570. The number of aliphatic hydroxyl groups is 1. The van der Waals surface area contributed by atoms with E-state index in [2.05, 4.69) is 0 Å². The summed E-state index contributed by atoms with van der Waals surface area (Å²) in [6, 6.07) is 3.53. The SMILES string of the molecule is O[C@H](CCl)c1ccc(Cl)s1. The summed E-state index contributed by atoms with van der Waals surface area (Å²) < 4.78 is 0.680. The van der Waals surface area contributed by atoms with Crippen LogP contribution in [0.4, 0.5) is 0 Å². The summed E-state index contributed by atoms with van der Waals surface area (Å²) in [4.78, 5) is 0.819. The first-order chi connectivity index (χ1) is 4.74. The molecule has 4 heteroatoms. The van der Waals surface area contributed by atoms with Crippen LogP contribution in [0.3, 0.4) is 0 Å². The summed E-state index contributed by atoms with van der Waals surface area (Å²) in [6.45, 7) is 0. The second-order valence-electron chi connectivity index (χ2n) is 1.81. The Labute approximate surface area is 73.2 Å². The molecule has 0 unspecified atom stereocenters. The van der Waals surface area contributed by atoms with Gasteiger partial charge in [-0.05, 0) is 12.1 Å². The normalized spacial score (nSPS) is 13.5.